The van der Waals surface area contributed by atoms with Gasteiger partial charge in [0.2, 0.25) is 0 Å². The third-order valence-electron chi connectivity index (χ3n) is 3.67. The number of phenolic OH excluding ortho intramolecular Hbond substituents is 1. The van der Waals surface area contributed by atoms with Crippen molar-refractivity contribution in [3.05, 3.63) is 47.0 Å². The first-order valence-corrected chi connectivity index (χ1v) is 7.50. The molecule has 4 heteroatoms. The minimum absolute atomic E-state index is 0.231. The van der Waals surface area contributed by atoms with E-state index < -0.39 is 0 Å². The number of phenols is 1. The van der Waals surface area contributed by atoms with Crippen LogP contribution in [0.5, 0.6) is 11.5 Å². The summed E-state index contributed by atoms with van der Waals surface area (Å²) >= 11 is 0. The molecule has 2 rings (SSSR count). The van der Waals surface area contributed by atoms with Gasteiger partial charge in [0.15, 0.2) is 0 Å². The summed E-state index contributed by atoms with van der Waals surface area (Å²) in [6.45, 7) is 6.03. The van der Waals surface area contributed by atoms with Crippen LogP contribution in [-0.4, -0.2) is 12.2 Å². The third-order valence-corrected chi connectivity index (χ3v) is 3.67. The summed E-state index contributed by atoms with van der Waals surface area (Å²) in [6.07, 6.45) is 1.76. The lowest BCUT2D eigenvalue weighted by atomic mass is 10.0. The molecular weight excluding hydrogens is 276 g/mol. The van der Waals surface area contributed by atoms with Crippen molar-refractivity contribution in [2.45, 2.75) is 33.6 Å². The first-order valence-electron chi connectivity index (χ1n) is 7.50. The average molecular weight is 298 g/mol. The fourth-order valence-electron chi connectivity index (χ4n) is 2.36. The van der Waals surface area contributed by atoms with E-state index in [2.05, 4.69) is 24.1 Å². The Kier molecular flexibility index (Phi) is 5.15. The van der Waals surface area contributed by atoms with E-state index in [0.29, 0.717) is 5.69 Å². The lowest BCUT2D eigenvalue weighted by Crippen LogP contribution is -1.95. The van der Waals surface area contributed by atoms with Crippen molar-refractivity contribution in [1.82, 2.24) is 0 Å². The second-order valence-corrected chi connectivity index (χ2v) is 5.18. The lowest BCUT2D eigenvalue weighted by Gasteiger charge is -2.12. The second kappa shape index (κ2) is 7.07. The summed E-state index contributed by atoms with van der Waals surface area (Å²) in [5.41, 5.74) is 4.51. The molecule has 0 bridgehead atoms. The molecule has 1 N–H and O–H groups in total. The van der Waals surface area contributed by atoms with Gasteiger partial charge in [0.05, 0.1) is 18.5 Å². The summed E-state index contributed by atoms with van der Waals surface area (Å²) in [4.78, 5) is 0. The van der Waals surface area contributed by atoms with Gasteiger partial charge in [-0.1, -0.05) is 19.9 Å². The van der Waals surface area contributed by atoms with E-state index in [1.54, 1.807) is 13.2 Å². The van der Waals surface area contributed by atoms with E-state index >= 15 is 0 Å². The van der Waals surface area contributed by atoms with E-state index in [0.717, 1.165) is 41.0 Å². The molecule has 0 aromatic heterocycles. The minimum atomic E-state index is 0.231. The highest BCUT2D eigenvalue weighted by Gasteiger charge is 2.09. The number of ether oxygens (including phenoxy) is 1. The lowest BCUT2D eigenvalue weighted by molar-refractivity contribution is 0.405. The van der Waals surface area contributed by atoms with Crippen LogP contribution in [0.4, 0.5) is 11.4 Å². The van der Waals surface area contributed by atoms with Crippen molar-refractivity contribution in [2.75, 3.05) is 7.11 Å². The Balaban J connectivity index is 2.36. The maximum Gasteiger partial charge on any atom is 0.125 e. The van der Waals surface area contributed by atoms with Crippen LogP contribution < -0.4 is 4.74 Å². The third kappa shape index (κ3) is 3.45. The molecule has 0 saturated heterocycles. The number of hydrogen-bond donors (Lipinski definition) is 1. The molecule has 0 radical (unpaired) electrons. The van der Waals surface area contributed by atoms with Crippen LogP contribution in [0.2, 0.25) is 0 Å². The van der Waals surface area contributed by atoms with E-state index in [1.165, 1.54) is 0 Å². The van der Waals surface area contributed by atoms with Gasteiger partial charge in [-0.25, -0.2) is 0 Å². The molecule has 4 nitrogen and oxygen atoms in total. The predicted molar refractivity (Wildman–Crippen MR) is 88.8 cm³/mol. The van der Waals surface area contributed by atoms with Crippen molar-refractivity contribution in [2.24, 2.45) is 10.2 Å². The van der Waals surface area contributed by atoms with Gasteiger partial charge in [-0.2, -0.15) is 10.2 Å². The maximum absolute atomic E-state index is 9.71. The van der Waals surface area contributed by atoms with Crippen molar-refractivity contribution >= 4 is 11.4 Å². The number of benzene rings is 2. The van der Waals surface area contributed by atoms with Gasteiger partial charge in [-0.3, -0.25) is 0 Å². The zero-order chi connectivity index (χ0) is 16.1. The number of rotatable bonds is 5. The van der Waals surface area contributed by atoms with Crippen LogP contribution in [0.1, 0.15) is 30.5 Å². The molecule has 0 heterocycles. The predicted octanol–water partition coefficient (Wildman–Crippen LogP) is 5.25. The Labute approximate surface area is 131 Å². The summed E-state index contributed by atoms with van der Waals surface area (Å²) in [5.74, 6) is 1.17. The van der Waals surface area contributed by atoms with Crippen molar-refractivity contribution < 1.29 is 9.84 Å². The number of nitrogens with zero attached hydrogens (tertiary/aromatic N) is 2. The zero-order valence-electron chi connectivity index (χ0n) is 13.6. The fourth-order valence-corrected chi connectivity index (χ4v) is 2.36. The molecule has 2 aromatic carbocycles. The van der Waals surface area contributed by atoms with Crippen molar-refractivity contribution in [3.8, 4) is 11.5 Å². The van der Waals surface area contributed by atoms with Crippen LogP contribution in [-0.2, 0) is 12.8 Å². The van der Waals surface area contributed by atoms with Crippen molar-refractivity contribution in [3.63, 3.8) is 0 Å². The molecule has 0 amide bonds. The number of aryl methyl sites for hydroxylation is 3. The molecule has 0 aliphatic heterocycles. The Morgan fingerprint density at radius 2 is 1.55 bits per heavy atom. The Morgan fingerprint density at radius 1 is 0.955 bits per heavy atom. The molecule has 0 spiro atoms. The highest BCUT2D eigenvalue weighted by Crippen LogP contribution is 2.32. The Bertz CT molecular complexity index is 668. The van der Waals surface area contributed by atoms with E-state index in [-0.39, 0.29) is 5.75 Å². The monoisotopic (exact) mass is 298 g/mol. The van der Waals surface area contributed by atoms with Crippen LogP contribution in [0.15, 0.2) is 40.6 Å². The molecule has 22 heavy (non-hydrogen) atoms. The largest absolute Gasteiger partial charge is 0.508 e. The molecule has 0 aliphatic rings. The highest BCUT2D eigenvalue weighted by molar-refractivity contribution is 5.53. The smallest absolute Gasteiger partial charge is 0.125 e. The first kappa shape index (κ1) is 16.0. The van der Waals surface area contributed by atoms with Crippen LogP contribution in [0.3, 0.4) is 0 Å². The van der Waals surface area contributed by atoms with Gasteiger partial charge >= 0.3 is 0 Å². The van der Waals surface area contributed by atoms with Gasteiger partial charge < -0.3 is 9.84 Å². The Hall–Kier alpha value is -2.36. The second-order valence-electron chi connectivity index (χ2n) is 5.18. The molecule has 0 saturated carbocycles. The highest BCUT2D eigenvalue weighted by atomic mass is 16.5. The van der Waals surface area contributed by atoms with Gasteiger partial charge in [0.25, 0.3) is 0 Å². The molecule has 2 aromatic rings. The van der Waals surface area contributed by atoms with E-state index in [4.69, 9.17) is 4.74 Å². The molecular formula is C18H22N2O2. The van der Waals surface area contributed by atoms with Crippen LogP contribution in [0.25, 0.3) is 0 Å². The molecule has 0 unspecified atom stereocenters. The number of hydrogen-bond acceptors (Lipinski definition) is 4. The van der Waals surface area contributed by atoms with Crippen molar-refractivity contribution in [1.29, 1.82) is 0 Å². The van der Waals surface area contributed by atoms with Crippen LogP contribution >= 0.6 is 0 Å². The van der Waals surface area contributed by atoms with Crippen LogP contribution in [0, 0.1) is 6.92 Å². The zero-order valence-corrected chi connectivity index (χ0v) is 13.6. The molecule has 0 aliphatic carbocycles. The fraction of sp³-hybridized carbons (Fsp3) is 0.333. The van der Waals surface area contributed by atoms with Gasteiger partial charge in [-0.15, -0.1) is 0 Å². The van der Waals surface area contributed by atoms with Gasteiger partial charge in [0, 0.05) is 6.07 Å². The number of aromatic hydroxyl groups is 1. The number of methoxy groups -OCH3 is 1. The average Bonchev–Trinajstić information content (AvgIpc) is 2.54. The first-order chi connectivity index (χ1) is 10.6. The molecule has 0 atom stereocenters. The molecule has 0 fully saturated rings. The van der Waals surface area contributed by atoms with E-state index in [1.807, 2.05) is 31.2 Å². The normalized spacial score (nSPS) is 11.1. The maximum atomic E-state index is 9.71. The summed E-state index contributed by atoms with van der Waals surface area (Å²) < 4.78 is 5.50. The Morgan fingerprint density at radius 3 is 2.05 bits per heavy atom. The van der Waals surface area contributed by atoms with E-state index in [9.17, 15) is 5.11 Å². The number of azo groups is 1. The van der Waals surface area contributed by atoms with Gasteiger partial charge in [0.1, 0.15) is 11.5 Å². The quantitative estimate of drug-likeness (QED) is 0.766. The SMILES string of the molecule is CCc1cc(N=Nc2ccc(C)c(O)c2)cc(CC)c1OC. The van der Waals surface area contributed by atoms with Gasteiger partial charge in [-0.05, 0) is 54.7 Å². The summed E-state index contributed by atoms with van der Waals surface area (Å²) in [5, 5.41) is 18.2. The standard InChI is InChI=1S/C18H22N2O2/c1-5-13-9-16(10-14(6-2)18(13)22-4)20-19-15-8-7-12(3)17(21)11-15/h7-11,21H,5-6H2,1-4H3. The molecule has 116 valence electrons. The summed E-state index contributed by atoms with van der Waals surface area (Å²) in [7, 11) is 1.70. The topological polar surface area (TPSA) is 54.2 Å². The summed E-state index contributed by atoms with van der Waals surface area (Å²) in [6, 6.07) is 9.27. The minimum Gasteiger partial charge on any atom is -0.508 e.